The quantitative estimate of drug-likeness (QED) is 0.930. The van der Waals surface area contributed by atoms with Gasteiger partial charge in [-0.05, 0) is 38.1 Å². The molecule has 3 rings (SSSR count). The van der Waals surface area contributed by atoms with Crippen LogP contribution >= 0.6 is 22.7 Å². The number of nitrogens with one attached hydrogen (secondary N) is 1. The zero-order valence-electron chi connectivity index (χ0n) is 12.9. The van der Waals surface area contributed by atoms with Gasteiger partial charge in [0, 0.05) is 30.6 Å². The monoisotopic (exact) mass is 335 g/mol. The van der Waals surface area contributed by atoms with Crippen molar-refractivity contribution in [3.63, 3.8) is 0 Å². The molecule has 4 nitrogen and oxygen atoms in total. The van der Waals surface area contributed by atoms with Crippen LogP contribution in [0, 0.1) is 6.92 Å². The van der Waals surface area contributed by atoms with Crippen molar-refractivity contribution in [1.29, 1.82) is 0 Å². The Morgan fingerprint density at radius 2 is 2.18 bits per heavy atom. The molecule has 3 heterocycles. The number of hydrogen-bond donors (Lipinski definition) is 1. The Balaban J connectivity index is 1.50. The second-order valence-corrected chi connectivity index (χ2v) is 7.73. The summed E-state index contributed by atoms with van der Waals surface area (Å²) in [6.45, 7) is 5.86. The normalized spacial score (nSPS) is 17.6. The summed E-state index contributed by atoms with van der Waals surface area (Å²) in [7, 11) is 0. The Labute approximate surface area is 139 Å². The Hall–Kier alpha value is -1.24. The first-order valence-electron chi connectivity index (χ1n) is 7.64. The van der Waals surface area contributed by atoms with Gasteiger partial charge in [0.1, 0.15) is 0 Å². The van der Waals surface area contributed by atoms with Gasteiger partial charge >= 0.3 is 0 Å². The lowest BCUT2D eigenvalue weighted by Gasteiger charge is -2.33. The molecule has 118 valence electrons. The first-order chi connectivity index (χ1) is 10.6. The van der Waals surface area contributed by atoms with Gasteiger partial charge < -0.3 is 10.2 Å². The summed E-state index contributed by atoms with van der Waals surface area (Å²) in [5.41, 5.74) is 1.12. The van der Waals surface area contributed by atoms with E-state index in [1.807, 2.05) is 29.3 Å². The summed E-state index contributed by atoms with van der Waals surface area (Å²) in [5, 5.41) is 8.85. The largest absolute Gasteiger partial charge is 0.338 e. The summed E-state index contributed by atoms with van der Waals surface area (Å²) in [6.07, 6.45) is 2.01. The number of thiazole rings is 1. The van der Waals surface area contributed by atoms with Crippen molar-refractivity contribution in [3.8, 4) is 0 Å². The van der Waals surface area contributed by atoms with Crippen LogP contribution in [0.25, 0.3) is 0 Å². The maximum atomic E-state index is 12.3. The van der Waals surface area contributed by atoms with Crippen LogP contribution in [-0.4, -0.2) is 34.9 Å². The molecule has 0 aliphatic carbocycles. The first-order valence-corrected chi connectivity index (χ1v) is 9.40. The second kappa shape index (κ2) is 6.89. The molecule has 1 fully saturated rings. The number of amides is 1. The number of nitrogens with zero attached hydrogens (tertiary/aromatic N) is 2. The molecule has 22 heavy (non-hydrogen) atoms. The minimum atomic E-state index is 0.177. The van der Waals surface area contributed by atoms with Crippen LogP contribution in [0.3, 0.4) is 0 Å². The topological polar surface area (TPSA) is 45.2 Å². The van der Waals surface area contributed by atoms with Crippen molar-refractivity contribution in [2.45, 2.75) is 38.8 Å². The number of aromatic nitrogens is 1. The smallest absolute Gasteiger partial charge is 0.263 e. The van der Waals surface area contributed by atoms with E-state index in [2.05, 4.69) is 22.6 Å². The van der Waals surface area contributed by atoms with Gasteiger partial charge in [0.05, 0.1) is 15.6 Å². The molecule has 1 N–H and O–H groups in total. The lowest BCUT2D eigenvalue weighted by atomic mass is 10.0. The minimum Gasteiger partial charge on any atom is -0.338 e. The Morgan fingerprint density at radius 1 is 1.41 bits per heavy atom. The van der Waals surface area contributed by atoms with Crippen molar-refractivity contribution >= 4 is 28.6 Å². The Morgan fingerprint density at radius 3 is 2.77 bits per heavy atom. The summed E-state index contributed by atoms with van der Waals surface area (Å²) < 4.78 is 0. The van der Waals surface area contributed by atoms with E-state index < -0.39 is 0 Å². The van der Waals surface area contributed by atoms with E-state index >= 15 is 0 Å². The Kier molecular flexibility index (Phi) is 4.90. The molecule has 2 aromatic heterocycles. The minimum absolute atomic E-state index is 0.177. The zero-order valence-corrected chi connectivity index (χ0v) is 14.5. The number of aryl methyl sites for hydroxylation is 1. The van der Waals surface area contributed by atoms with E-state index in [1.54, 1.807) is 11.3 Å². The number of hydrogen-bond acceptors (Lipinski definition) is 5. The fraction of sp³-hybridized carbons (Fsp3) is 0.500. The zero-order chi connectivity index (χ0) is 15.5. The van der Waals surface area contributed by atoms with Crippen LogP contribution in [0.4, 0.5) is 0 Å². The molecule has 2 aromatic rings. The molecule has 1 unspecified atom stereocenters. The molecule has 1 aliphatic heterocycles. The SMILES string of the molecule is Cc1nc(C(C)NC2CCN(C(=O)c3cccs3)CC2)cs1. The molecule has 0 radical (unpaired) electrons. The van der Waals surface area contributed by atoms with E-state index in [-0.39, 0.29) is 11.9 Å². The van der Waals surface area contributed by atoms with Gasteiger partial charge in [0.25, 0.3) is 5.91 Å². The summed E-state index contributed by atoms with van der Waals surface area (Å²) in [5.74, 6) is 0.177. The fourth-order valence-electron chi connectivity index (χ4n) is 2.82. The average molecular weight is 335 g/mol. The highest BCUT2D eigenvalue weighted by Crippen LogP contribution is 2.21. The Bertz CT molecular complexity index is 615. The van der Waals surface area contributed by atoms with Crippen LogP contribution in [0.2, 0.25) is 0 Å². The third-order valence-electron chi connectivity index (χ3n) is 4.08. The highest BCUT2D eigenvalue weighted by atomic mass is 32.1. The van der Waals surface area contributed by atoms with Crippen LogP contribution in [-0.2, 0) is 0 Å². The van der Waals surface area contributed by atoms with Gasteiger partial charge in [-0.15, -0.1) is 22.7 Å². The van der Waals surface area contributed by atoms with Crippen molar-refractivity contribution in [1.82, 2.24) is 15.2 Å². The van der Waals surface area contributed by atoms with Gasteiger partial charge in [-0.25, -0.2) is 4.98 Å². The van der Waals surface area contributed by atoms with Crippen LogP contribution in [0.15, 0.2) is 22.9 Å². The van der Waals surface area contributed by atoms with Crippen molar-refractivity contribution < 1.29 is 4.79 Å². The summed E-state index contributed by atoms with van der Waals surface area (Å²) >= 11 is 3.22. The first kappa shape index (κ1) is 15.6. The predicted molar refractivity (Wildman–Crippen MR) is 91.6 cm³/mol. The predicted octanol–water partition coefficient (Wildman–Crippen LogP) is 3.47. The van der Waals surface area contributed by atoms with Crippen LogP contribution in [0.1, 0.15) is 46.2 Å². The number of carbonyl (C=O) groups is 1. The molecule has 1 atom stereocenters. The maximum absolute atomic E-state index is 12.3. The number of carbonyl (C=O) groups excluding carboxylic acids is 1. The van der Waals surface area contributed by atoms with Crippen LogP contribution in [0.5, 0.6) is 0 Å². The van der Waals surface area contributed by atoms with Crippen molar-refractivity contribution in [2.24, 2.45) is 0 Å². The molecular formula is C16H21N3OS2. The van der Waals surface area contributed by atoms with Gasteiger partial charge in [0.15, 0.2) is 0 Å². The van der Waals surface area contributed by atoms with E-state index in [0.29, 0.717) is 6.04 Å². The van der Waals surface area contributed by atoms with E-state index in [4.69, 9.17) is 0 Å². The summed E-state index contributed by atoms with van der Waals surface area (Å²) in [6, 6.07) is 4.58. The average Bonchev–Trinajstić information content (AvgIpc) is 3.18. The number of piperidine rings is 1. The van der Waals surface area contributed by atoms with Gasteiger partial charge in [-0.2, -0.15) is 0 Å². The van der Waals surface area contributed by atoms with E-state index in [1.165, 1.54) is 11.3 Å². The van der Waals surface area contributed by atoms with Gasteiger partial charge in [0.2, 0.25) is 0 Å². The lowest BCUT2D eigenvalue weighted by molar-refractivity contribution is 0.0707. The fourth-order valence-corrected chi connectivity index (χ4v) is 4.22. The molecular weight excluding hydrogens is 314 g/mol. The van der Waals surface area contributed by atoms with E-state index in [9.17, 15) is 4.79 Å². The number of rotatable bonds is 4. The molecule has 0 saturated carbocycles. The van der Waals surface area contributed by atoms with Gasteiger partial charge in [-0.3, -0.25) is 4.79 Å². The van der Waals surface area contributed by atoms with Crippen molar-refractivity contribution in [2.75, 3.05) is 13.1 Å². The molecule has 1 amide bonds. The number of likely N-dealkylation sites (tertiary alicyclic amines) is 1. The molecule has 1 aliphatic rings. The van der Waals surface area contributed by atoms with E-state index in [0.717, 1.165) is 41.5 Å². The van der Waals surface area contributed by atoms with Crippen molar-refractivity contribution in [3.05, 3.63) is 38.5 Å². The molecule has 1 saturated heterocycles. The highest BCUT2D eigenvalue weighted by molar-refractivity contribution is 7.12. The standard InChI is InChI=1S/C16H21N3OS2/c1-11(14-10-22-12(2)18-14)17-13-5-7-19(8-6-13)16(20)15-4-3-9-21-15/h3-4,9-11,13,17H,5-8H2,1-2H3. The number of thiophene rings is 1. The second-order valence-electron chi connectivity index (χ2n) is 5.72. The third kappa shape index (κ3) is 3.56. The van der Waals surface area contributed by atoms with Crippen LogP contribution < -0.4 is 5.32 Å². The third-order valence-corrected chi connectivity index (χ3v) is 5.73. The summed E-state index contributed by atoms with van der Waals surface area (Å²) in [4.78, 5) is 19.7. The maximum Gasteiger partial charge on any atom is 0.263 e. The highest BCUT2D eigenvalue weighted by Gasteiger charge is 2.25. The lowest BCUT2D eigenvalue weighted by Crippen LogP contribution is -2.45. The molecule has 0 aromatic carbocycles. The molecule has 0 bridgehead atoms. The van der Waals surface area contributed by atoms with Gasteiger partial charge in [-0.1, -0.05) is 6.07 Å². The molecule has 6 heteroatoms. The molecule has 0 spiro atoms.